The van der Waals surface area contributed by atoms with Crippen molar-refractivity contribution in [3.05, 3.63) is 34.9 Å². The van der Waals surface area contributed by atoms with Crippen molar-refractivity contribution in [3.63, 3.8) is 0 Å². The van der Waals surface area contributed by atoms with E-state index in [9.17, 15) is 0 Å². The second-order valence-corrected chi connectivity index (χ2v) is 5.55. The molecule has 1 aliphatic rings. The third-order valence-electron chi connectivity index (χ3n) is 3.41. The Morgan fingerprint density at radius 2 is 1.53 bits per heavy atom. The Balaban J connectivity index is 2.07. The fraction of sp³-hybridized carbons (Fsp3) is 0.538. The number of nitrogens with zero attached hydrogens (tertiary/aromatic N) is 1. The maximum Gasteiger partial charge on any atom is 0.0406 e. The molecule has 17 heavy (non-hydrogen) atoms. The smallest absolute Gasteiger partial charge is 0.0406 e. The van der Waals surface area contributed by atoms with Crippen molar-refractivity contribution in [2.45, 2.75) is 31.5 Å². The van der Waals surface area contributed by atoms with Crippen molar-refractivity contribution in [1.29, 1.82) is 0 Å². The standard InChI is InChI=1S/C13H16Cl3N/c14-7-12-5-6-13(8-15)17(12)9-10-1-3-11(16)4-2-10/h1-4,12-13H,5-9H2. The number of halogens is 3. The molecule has 1 aromatic carbocycles. The van der Waals surface area contributed by atoms with Gasteiger partial charge in [0.15, 0.2) is 0 Å². The summed E-state index contributed by atoms with van der Waals surface area (Å²) in [7, 11) is 0. The van der Waals surface area contributed by atoms with Gasteiger partial charge in [-0.1, -0.05) is 23.7 Å². The Hall–Kier alpha value is 0.0500. The number of benzene rings is 1. The first kappa shape index (κ1) is 13.5. The average molecular weight is 293 g/mol. The summed E-state index contributed by atoms with van der Waals surface area (Å²) >= 11 is 17.9. The average Bonchev–Trinajstić information content (AvgIpc) is 2.74. The topological polar surface area (TPSA) is 3.24 Å². The lowest BCUT2D eigenvalue weighted by atomic mass is 10.2. The number of alkyl halides is 2. The molecular weight excluding hydrogens is 277 g/mol. The Morgan fingerprint density at radius 1 is 1.00 bits per heavy atom. The van der Waals surface area contributed by atoms with E-state index in [1.807, 2.05) is 12.1 Å². The zero-order chi connectivity index (χ0) is 12.3. The molecule has 94 valence electrons. The summed E-state index contributed by atoms with van der Waals surface area (Å²) in [6.45, 7) is 0.909. The van der Waals surface area contributed by atoms with Crippen LogP contribution in [0.1, 0.15) is 18.4 Å². The van der Waals surface area contributed by atoms with Gasteiger partial charge >= 0.3 is 0 Å². The van der Waals surface area contributed by atoms with Gasteiger partial charge in [-0.2, -0.15) is 0 Å². The summed E-state index contributed by atoms with van der Waals surface area (Å²) in [5, 5.41) is 0.776. The molecule has 2 rings (SSSR count). The van der Waals surface area contributed by atoms with Gasteiger partial charge in [0.05, 0.1) is 0 Å². The monoisotopic (exact) mass is 291 g/mol. The molecule has 0 aliphatic carbocycles. The van der Waals surface area contributed by atoms with Crippen LogP contribution >= 0.6 is 34.8 Å². The number of hydrogen-bond donors (Lipinski definition) is 0. The van der Waals surface area contributed by atoms with Gasteiger partial charge in [-0.15, -0.1) is 23.2 Å². The molecule has 0 aromatic heterocycles. The maximum atomic E-state index is 6.01. The predicted molar refractivity (Wildman–Crippen MR) is 75.2 cm³/mol. The minimum atomic E-state index is 0.455. The van der Waals surface area contributed by atoms with Gasteiger partial charge in [-0.05, 0) is 30.5 Å². The van der Waals surface area contributed by atoms with Gasteiger partial charge in [-0.25, -0.2) is 0 Å². The molecular formula is C13H16Cl3N. The van der Waals surface area contributed by atoms with E-state index in [0.717, 1.165) is 24.4 Å². The van der Waals surface area contributed by atoms with Gasteiger partial charge in [0, 0.05) is 35.4 Å². The van der Waals surface area contributed by atoms with Crippen LogP contribution in [0.15, 0.2) is 24.3 Å². The largest absolute Gasteiger partial charge is 0.291 e. The van der Waals surface area contributed by atoms with Gasteiger partial charge in [0.25, 0.3) is 0 Å². The maximum absolute atomic E-state index is 6.01. The summed E-state index contributed by atoms with van der Waals surface area (Å²) in [6, 6.07) is 8.90. The second kappa shape index (κ2) is 6.29. The molecule has 0 spiro atoms. The van der Waals surface area contributed by atoms with Gasteiger partial charge in [0.1, 0.15) is 0 Å². The van der Waals surface area contributed by atoms with E-state index < -0.39 is 0 Å². The minimum Gasteiger partial charge on any atom is -0.291 e. The molecule has 1 fully saturated rings. The first-order valence-corrected chi connectivity index (χ1v) is 7.31. The zero-order valence-corrected chi connectivity index (χ0v) is 11.8. The van der Waals surface area contributed by atoms with E-state index in [2.05, 4.69) is 17.0 Å². The SMILES string of the molecule is ClCC1CCC(CCl)N1Cc1ccc(Cl)cc1. The quantitative estimate of drug-likeness (QED) is 0.754. The van der Waals surface area contributed by atoms with Crippen molar-refractivity contribution in [2.75, 3.05) is 11.8 Å². The van der Waals surface area contributed by atoms with Crippen molar-refractivity contribution in [3.8, 4) is 0 Å². The second-order valence-electron chi connectivity index (χ2n) is 4.49. The summed E-state index contributed by atoms with van der Waals surface area (Å²) < 4.78 is 0. The first-order chi connectivity index (χ1) is 8.24. The Kier molecular flexibility index (Phi) is 4.98. The van der Waals surface area contributed by atoms with Crippen LogP contribution in [-0.4, -0.2) is 28.7 Å². The highest BCUT2D eigenvalue weighted by Gasteiger charge is 2.31. The van der Waals surface area contributed by atoms with Crippen LogP contribution in [0.25, 0.3) is 0 Å². The Morgan fingerprint density at radius 3 is 2.00 bits per heavy atom. The van der Waals surface area contributed by atoms with Crippen LogP contribution in [0, 0.1) is 0 Å². The number of hydrogen-bond acceptors (Lipinski definition) is 1. The molecule has 0 saturated carbocycles. The van der Waals surface area contributed by atoms with Crippen molar-refractivity contribution < 1.29 is 0 Å². The van der Waals surface area contributed by atoms with Gasteiger partial charge in [0.2, 0.25) is 0 Å². The lowest BCUT2D eigenvalue weighted by Crippen LogP contribution is -2.37. The van der Waals surface area contributed by atoms with E-state index in [4.69, 9.17) is 34.8 Å². The molecule has 0 amide bonds. The van der Waals surface area contributed by atoms with Crippen molar-refractivity contribution in [2.24, 2.45) is 0 Å². The van der Waals surface area contributed by atoms with Crippen LogP contribution in [0.2, 0.25) is 5.02 Å². The van der Waals surface area contributed by atoms with E-state index in [1.54, 1.807) is 0 Å². The normalized spacial score (nSPS) is 25.4. The van der Waals surface area contributed by atoms with Gasteiger partial charge in [-0.3, -0.25) is 4.90 Å². The van der Waals surface area contributed by atoms with Crippen molar-refractivity contribution in [1.82, 2.24) is 4.90 Å². The third kappa shape index (κ3) is 3.29. The molecule has 2 atom stereocenters. The lowest BCUT2D eigenvalue weighted by Gasteiger charge is -2.28. The van der Waals surface area contributed by atoms with Crippen LogP contribution in [0.3, 0.4) is 0 Å². The van der Waals surface area contributed by atoms with Crippen LogP contribution < -0.4 is 0 Å². The summed E-state index contributed by atoms with van der Waals surface area (Å²) in [5.41, 5.74) is 1.27. The first-order valence-electron chi connectivity index (χ1n) is 5.86. The lowest BCUT2D eigenvalue weighted by molar-refractivity contribution is 0.209. The summed E-state index contributed by atoms with van der Waals surface area (Å²) in [5.74, 6) is 1.36. The molecule has 0 N–H and O–H groups in total. The molecule has 1 nitrogen and oxygen atoms in total. The number of likely N-dealkylation sites (tertiary alicyclic amines) is 1. The van der Waals surface area contributed by atoms with Crippen LogP contribution in [0.5, 0.6) is 0 Å². The van der Waals surface area contributed by atoms with Crippen molar-refractivity contribution >= 4 is 34.8 Å². The highest BCUT2D eigenvalue weighted by atomic mass is 35.5. The summed E-state index contributed by atoms with van der Waals surface area (Å²) in [4.78, 5) is 2.42. The highest BCUT2D eigenvalue weighted by Crippen LogP contribution is 2.28. The Labute approximate surface area is 118 Å². The molecule has 1 heterocycles. The molecule has 1 aliphatic heterocycles. The van der Waals surface area contributed by atoms with Crippen LogP contribution in [0.4, 0.5) is 0 Å². The minimum absolute atomic E-state index is 0.455. The highest BCUT2D eigenvalue weighted by molar-refractivity contribution is 6.30. The van der Waals surface area contributed by atoms with Gasteiger partial charge < -0.3 is 0 Å². The molecule has 1 aromatic rings. The molecule has 0 bridgehead atoms. The summed E-state index contributed by atoms with van der Waals surface area (Å²) in [6.07, 6.45) is 2.29. The molecule has 2 unspecified atom stereocenters. The third-order valence-corrected chi connectivity index (χ3v) is 4.37. The fourth-order valence-corrected chi connectivity index (χ4v) is 3.19. The number of rotatable bonds is 4. The van der Waals surface area contributed by atoms with E-state index in [0.29, 0.717) is 23.8 Å². The zero-order valence-electron chi connectivity index (χ0n) is 9.58. The molecule has 0 radical (unpaired) electrons. The fourth-order valence-electron chi connectivity index (χ4n) is 2.40. The molecule has 4 heteroatoms. The van der Waals surface area contributed by atoms with E-state index in [-0.39, 0.29) is 0 Å². The molecule has 1 saturated heterocycles. The van der Waals surface area contributed by atoms with E-state index >= 15 is 0 Å². The Bertz CT molecular complexity index is 340. The predicted octanol–water partition coefficient (Wildman–Crippen LogP) is 4.15. The van der Waals surface area contributed by atoms with Crippen LogP contribution in [-0.2, 0) is 6.54 Å². The van der Waals surface area contributed by atoms with E-state index in [1.165, 1.54) is 5.56 Å².